The smallest absolute Gasteiger partial charge is 0.241 e. The third kappa shape index (κ3) is 8.84. The number of rotatable bonds is 9. The Kier molecular flexibility index (Phi) is 10.4. The Bertz CT molecular complexity index is 330. The molecule has 0 saturated carbocycles. The average molecular weight is 313 g/mol. The number of nitrogens with one attached hydrogen (secondary N) is 3. The highest BCUT2D eigenvalue weighted by atomic mass is 16.5. The van der Waals surface area contributed by atoms with Crippen molar-refractivity contribution in [3.05, 3.63) is 0 Å². The van der Waals surface area contributed by atoms with E-state index in [0.29, 0.717) is 12.5 Å². The number of amides is 1. The van der Waals surface area contributed by atoms with Crippen LogP contribution in [0.1, 0.15) is 26.7 Å². The minimum atomic E-state index is -0.0348. The molecule has 1 fully saturated rings. The number of guanidine groups is 1. The summed E-state index contributed by atoms with van der Waals surface area (Å²) in [6, 6.07) is 0. The second-order valence-electron chi connectivity index (χ2n) is 5.28. The van der Waals surface area contributed by atoms with Crippen LogP contribution in [-0.2, 0) is 9.53 Å². The Morgan fingerprint density at radius 3 is 2.59 bits per heavy atom. The molecule has 1 amide bonds. The van der Waals surface area contributed by atoms with Gasteiger partial charge in [0.05, 0.1) is 13.2 Å². The fraction of sp³-hybridized carbons (Fsp3) is 0.867. The Morgan fingerprint density at radius 1 is 1.14 bits per heavy atom. The zero-order chi connectivity index (χ0) is 16.0. The van der Waals surface area contributed by atoms with Gasteiger partial charge in [-0.25, -0.2) is 4.99 Å². The minimum absolute atomic E-state index is 0.0348. The van der Waals surface area contributed by atoms with Gasteiger partial charge in [0.1, 0.15) is 6.54 Å². The van der Waals surface area contributed by atoms with Crippen LogP contribution in [-0.4, -0.2) is 75.8 Å². The molecule has 0 bridgehead atoms. The summed E-state index contributed by atoms with van der Waals surface area (Å²) in [5.41, 5.74) is 0. The molecule has 0 aliphatic carbocycles. The highest BCUT2D eigenvalue weighted by Crippen LogP contribution is 1.97. The molecule has 3 N–H and O–H groups in total. The van der Waals surface area contributed by atoms with Gasteiger partial charge in [-0.2, -0.15) is 0 Å². The zero-order valence-corrected chi connectivity index (χ0v) is 14.0. The van der Waals surface area contributed by atoms with E-state index in [1.165, 1.54) is 0 Å². The van der Waals surface area contributed by atoms with E-state index in [0.717, 1.165) is 58.8 Å². The summed E-state index contributed by atoms with van der Waals surface area (Å²) in [7, 11) is 0. The highest BCUT2D eigenvalue weighted by Gasteiger charge is 2.09. The topological polar surface area (TPSA) is 78.0 Å². The predicted molar refractivity (Wildman–Crippen MR) is 89.2 cm³/mol. The largest absolute Gasteiger partial charge is 0.379 e. The number of hydrogen-bond donors (Lipinski definition) is 3. The molecule has 0 unspecified atom stereocenters. The Balaban J connectivity index is 2.19. The molecule has 0 spiro atoms. The number of carbonyl (C=O) groups excluding carboxylic acids is 1. The third-order valence-electron chi connectivity index (χ3n) is 3.34. The Hall–Kier alpha value is -1.34. The quantitative estimate of drug-likeness (QED) is 0.312. The zero-order valence-electron chi connectivity index (χ0n) is 14.0. The Labute approximate surface area is 133 Å². The molecular formula is C15H31N5O2. The van der Waals surface area contributed by atoms with Crippen molar-refractivity contribution in [2.24, 2.45) is 4.99 Å². The van der Waals surface area contributed by atoms with Crippen LogP contribution in [0.4, 0.5) is 0 Å². The SMILES string of the molecule is CCCNC(=O)CN=C(NCC)NCCCN1CCOCC1. The maximum absolute atomic E-state index is 11.6. The van der Waals surface area contributed by atoms with E-state index in [2.05, 4.69) is 25.8 Å². The molecule has 0 radical (unpaired) electrons. The van der Waals surface area contributed by atoms with E-state index in [1.54, 1.807) is 0 Å². The van der Waals surface area contributed by atoms with Crippen LogP contribution < -0.4 is 16.0 Å². The molecule has 128 valence electrons. The van der Waals surface area contributed by atoms with Gasteiger partial charge in [0.15, 0.2) is 5.96 Å². The van der Waals surface area contributed by atoms with Crippen molar-refractivity contribution in [1.29, 1.82) is 0 Å². The van der Waals surface area contributed by atoms with E-state index in [9.17, 15) is 4.79 Å². The average Bonchev–Trinajstić information content (AvgIpc) is 2.55. The van der Waals surface area contributed by atoms with Crippen molar-refractivity contribution in [2.75, 3.05) is 59.0 Å². The molecule has 0 aromatic carbocycles. The van der Waals surface area contributed by atoms with Gasteiger partial charge in [-0.3, -0.25) is 9.69 Å². The van der Waals surface area contributed by atoms with E-state index in [1.807, 2.05) is 13.8 Å². The molecule has 1 rings (SSSR count). The maximum atomic E-state index is 11.6. The summed E-state index contributed by atoms with van der Waals surface area (Å²) in [4.78, 5) is 18.3. The lowest BCUT2D eigenvalue weighted by atomic mass is 10.3. The molecule has 1 aliphatic heterocycles. The van der Waals surface area contributed by atoms with Crippen LogP contribution in [0.2, 0.25) is 0 Å². The van der Waals surface area contributed by atoms with Crippen molar-refractivity contribution in [1.82, 2.24) is 20.9 Å². The molecule has 0 aromatic rings. The molecule has 7 nitrogen and oxygen atoms in total. The lowest BCUT2D eigenvalue weighted by Crippen LogP contribution is -2.41. The van der Waals surface area contributed by atoms with Gasteiger partial charge in [0.25, 0.3) is 0 Å². The van der Waals surface area contributed by atoms with Crippen LogP contribution >= 0.6 is 0 Å². The summed E-state index contributed by atoms with van der Waals surface area (Å²) in [6.45, 7) is 11.3. The standard InChI is InChI=1S/C15H31N5O2/c1-3-6-17-14(21)13-19-15(16-4-2)18-7-5-8-20-9-11-22-12-10-20/h3-13H2,1-2H3,(H,17,21)(H2,16,18,19). The number of hydrogen-bond acceptors (Lipinski definition) is 4. The second-order valence-corrected chi connectivity index (χ2v) is 5.28. The fourth-order valence-corrected chi connectivity index (χ4v) is 2.15. The first-order chi connectivity index (χ1) is 10.8. The number of carbonyl (C=O) groups is 1. The van der Waals surface area contributed by atoms with Gasteiger partial charge in [0, 0.05) is 32.7 Å². The van der Waals surface area contributed by atoms with Crippen LogP contribution in [0.15, 0.2) is 4.99 Å². The van der Waals surface area contributed by atoms with E-state index in [-0.39, 0.29) is 12.5 Å². The fourth-order valence-electron chi connectivity index (χ4n) is 2.15. The van der Waals surface area contributed by atoms with Crippen molar-refractivity contribution in [3.8, 4) is 0 Å². The van der Waals surface area contributed by atoms with Crippen LogP contribution in [0.25, 0.3) is 0 Å². The second kappa shape index (κ2) is 12.2. The number of ether oxygens (including phenoxy) is 1. The summed E-state index contributed by atoms with van der Waals surface area (Å²) < 4.78 is 5.33. The molecular weight excluding hydrogens is 282 g/mol. The molecule has 0 atom stereocenters. The van der Waals surface area contributed by atoms with Crippen molar-refractivity contribution in [3.63, 3.8) is 0 Å². The number of aliphatic imine (C=N–C) groups is 1. The lowest BCUT2D eigenvalue weighted by molar-refractivity contribution is -0.119. The summed E-state index contributed by atoms with van der Waals surface area (Å²) >= 11 is 0. The van der Waals surface area contributed by atoms with Gasteiger partial charge in [0.2, 0.25) is 5.91 Å². The van der Waals surface area contributed by atoms with Crippen LogP contribution in [0, 0.1) is 0 Å². The first-order valence-corrected chi connectivity index (χ1v) is 8.35. The first kappa shape index (κ1) is 18.7. The monoisotopic (exact) mass is 313 g/mol. The van der Waals surface area contributed by atoms with Crippen molar-refractivity contribution < 1.29 is 9.53 Å². The van der Waals surface area contributed by atoms with Crippen molar-refractivity contribution >= 4 is 11.9 Å². The first-order valence-electron chi connectivity index (χ1n) is 8.35. The molecule has 1 heterocycles. The van der Waals surface area contributed by atoms with E-state index >= 15 is 0 Å². The van der Waals surface area contributed by atoms with Gasteiger partial charge < -0.3 is 20.7 Å². The summed E-state index contributed by atoms with van der Waals surface area (Å²) in [5, 5.41) is 9.25. The third-order valence-corrected chi connectivity index (χ3v) is 3.34. The van der Waals surface area contributed by atoms with E-state index in [4.69, 9.17) is 4.74 Å². The normalized spacial score (nSPS) is 16.4. The van der Waals surface area contributed by atoms with Gasteiger partial charge in [-0.05, 0) is 26.3 Å². The van der Waals surface area contributed by atoms with Gasteiger partial charge in [-0.15, -0.1) is 0 Å². The molecule has 7 heteroatoms. The molecule has 0 aromatic heterocycles. The number of morpholine rings is 1. The Morgan fingerprint density at radius 2 is 1.91 bits per heavy atom. The van der Waals surface area contributed by atoms with Crippen molar-refractivity contribution in [2.45, 2.75) is 26.7 Å². The minimum Gasteiger partial charge on any atom is -0.379 e. The maximum Gasteiger partial charge on any atom is 0.241 e. The molecule has 1 saturated heterocycles. The summed E-state index contributed by atoms with van der Waals surface area (Å²) in [6.07, 6.45) is 1.99. The molecule has 1 aliphatic rings. The predicted octanol–water partition coefficient (Wildman–Crippen LogP) is -0.210. The van der Waals surface area contributed by atoms with E-state index < -0.39 is 0 Å². The van der Waals surface area contributed by atoms with Crippen LogP contribution in [0.3, 0.4) is 0 Å². The number of nitrogens with zero attached hydrogens (tertiary/aromatic N) is 2. The van der Waals surface area contributed by atoms with Gasteiger partial charge >= 0.3 is 0 Å². The highest BCUT2D eigenvalue weighted by molar-refractivity contribution is 5.84. The van der Waals surface area contributed by atoms with Crippen LogP contribution in [0.5, 0.6) is 0 Å². The van der Waals surface area contributed by atoms with Gasteiger partial charge in [-0.1, -0.05) is 6.92 Å². The lowest BCUT2D eigenvalue weighted by Gasteiger charge is -2.26. The summed E-state index contributed by atoms with van der Waals surface area (Å²) in [5.74, 6) is 0.670. The molecule has 22 heavy (non-hydrogen) atoms.